The topological polar surface area (TPSA) is 97.6 Å². The summed E-state index contributed by atoms with van der Waals surface area (Å²) in [7, 11) is -3.79. The van der Waals surface area contributed by atoms with Crippen LogP contribution in [0.5, 0.6) is 5.75 Å². The zero-order valence-electron chi connectivity index (χ0n) is 16.6. The Labute approximate surface area is 180 Å². The number of nitrogens with one attached hydrogen (secondary N) is 2. The van der Waals surface area contributed by atoms with Crippen molar-refractivity contribution in [2.75, 3.05) is 13.2 Å². The Morgan fingerprint density at radius 3 is 2.70 bits per heavy atom. The number of hydrogen-bond donors (Lipinski definition) is 2. The number of amides is 1. The molecule has 1 aromatic heterocycles. The molecule has 7 nitrogen and oxygen atoms in total. The van der Waals surface area contributed by atoms with Crippen molar-refractivity contribution >= 4 is 38.5 Å². The lowest BCUT2D eigenvalue weighted by Gasteiger charge is -2.12. The van der Waals surface area contributed by atoms with Gasteiger partial charge < -0.3 is 14.5 Å². The number of carbonyl (C=O) groups is 1. The molecule has 0 bridgehead atoms. The molecule has 2 N–H and O–H groups in total. The first-order chi connectivity index (χ1) is 14.3. The summed E-state index contributed by atoms with van der Waals surface area (Å²) in [4.78, 5) is 12.2. The van der Waals surface area contributed by atoms with E-state index in [-0.39, 0.29) is 34.8 Å². The number of furan rings is 1. The maximum absolute atomic E-state index is 12.3. The standard InChI is InChI=1S/C21H23ClN2O5S/c1-3-28-17-9-6-7-15-13-18(29-21(15)17)14(2)24-20(25)11-12-23-30(26,27)19-10-5-4-8-16(19)22/h4-10,13-14,23H,3,11-12H2,1-2H3,(H,24,25). The van der Waals surface area contributed by atoms with Crippen LogP contribution >= 0.6 is 11.6 Å². The smallest absolute Gasteiger partial charge is 0.242 e. The molecule has 9 heteroatoms. The zero-order valence-corrected chi connectivity index (χ0v) is 18.2. The molecule has 3 aromatic rings. The molecule has 2 aromatic carbocycles. The van der Waals surface area contributed by atoms with Crippen LogP contribution in [0.4, 0.5) is 0 Å². The molecule has 0 aliphatic rings. The van der Waals surface area contributed by atoms with Gasteiger partial charge in [0.25, 0.3) is 0 Å². The normalized spacial score (nSPS) is 12.6. The number of sulfonamides is 1. The molecule has 0 aliphatic carbocycles. The van der Waals surface area contributed by atoms with E-state index in [9.17, 15) is 13.2 Å². The van der Waals surface area contributed by atoms with Crippen LogP contribution in [0.1, 0.15) is 32.1 Å². The van der Waals surface area contributed by atoms with Crippen molar-refractivity contribution < 1.29 is 22.4 Å². The Hall–Kier alpha value is -2.55. The predicted octanol–water partition coefficient (Wildman–Crippen LogP) is 4.03. The molecule has 1 amide bonds. The van der Waals surface area contributed by atoms with Crippen molar-refractivity contribution in [3.05, 3.63) is 59.3 Å². The monoisotopic (exact) mass is 450 g/mol. The number of benzene rings is 2. The summed E-state index contributed by atoms with van der Waals surface area (Å²) in [5.74, 6) is 0.922. The van der Waals surface area contributed by atoms with Gasteiger partial charge in [0.15, 0.2) is 11.3 Å². The summed E-state index contributed by atoms with van der Waals surface area (Å²) in [6, 6.07) is 13.2. The molecular formula is C21H23ClN2O5S. The maximum atomic E-state index is 12.3. The molecular weight excluding hydrogens is 428 g/mol. The van der Waals surface area contributed by atoms with Crippen LogP contribution < -0.4 is 14.8 Å². The van der Waals surface area contributed by atoms with Crippen molar-refractivity contribution in [2.24, 2.45) is 0 Å². The second kappa shape index (κ2) is 9.51. The Morgan fingerprint density at radius 2 is 1.97 bits per heavy atom. The van der Waals surface area contributed by atoms with Gasteiger partial charge in [-0.1, -0.05) is 35.9 Å². The number of fused-ring (bicyclic) bond motifs is 1. The molecule has 30 heavy (non-hydrogen) atoms. The summed E-state index contributed by atoms with van der Waals surface area (Å²) >= 11 is 5.93. The van der Waals surface area contributed by atoms with E-state index in [1.165, 1.54) is 12.1 Å². The molecule has 1 heterocycles. The van der Waals surface area contributed by atoms with Gasteiger partial charge in [0.2, 0.25) is 15.9 Å². The molecule has 0 aliphatic heterocycles. The van der Waals surface area contributed by atoms with Gasteiger partial charge in [-0.05, 0) is 38.1 Å². The van der Waals surface area contributed by atoms with Gasteiger partial charge in [0, 0.05) is 18.4 Å². The third kappa shape index (κ3) is 5.13. The average molecular weight is 451 g/mol. The molecule has 0 saturated heterocycles. The van der Waals surface area contributed by atoms with Crippen LogP contribution in [-0.4, -0.2) is 27.5 Å². The number of rotatable bonds is 9. The highest BCUT2D eigenvalue weighted by Gasteiger charge is 2.19. The van der Waals surface area contributed by atoms with Crippen LogP contribution in [0.3, 0.4) is 0 Å². The number of ether oxygens (including phenoxy) is 1. The highest BCUT2D eigenvalue weighted by molar-refractivity contribution is 7.89. The van der Waals surface area contributed by atoms with Gasteiger partial charge in [-0.2, -0.15) is 0 Å². The molecule has 0 saturated carbocycles. The van der Waals surface area contributed by atoms with Crippen molar-refractivity contribution in [1.29, 1.82) is 0 Å². The van der Waals surface area contributed by atoms with Gasteiger partial charge in [0.05, 0.1) is 17.7 Å². The fraction of sp³-hybridized carbons (Fsp3) is 0.286. The van der Waals surface area contributed by atoms with Crippen LogP contribution in [-0.2, 0) is 14.8 Å². The molecule has 1 atom stereocenters. The second-order valence-electron chi connectivity index (χ2n) is 6.62. The number of halogens is 1. The highest BCUT2D eigenvalue weighted by atomic mass is 35.5. The lowest BCUT2D eigenvalue weighted by atomic mass is 10.2. The van der Waals surface area contributed by atoms with Crippen LogP contribution in [0.2, 0.25) is 5.02 Å². The Morgan fingerprint density at radius 1 is 1.20 bits per heavy atom. The first kappa shape index (κ1) is 22.1. The first-order valence-electron chi connectivity index (χ1n) is 9.50. The van der Waals surface area contributed by atoms with Gasteiger partial charge in [0.1, 0.15) is 10.7 Å². The summed E-state index contributed by atoms with van der Waals surface area (Å²) in [6.45, 7) is 4.15. The lowest BCUT2D eigenvalue weighted by Crippen LogP contribution is -2.32. The van der Waals surface area contributed by atoms with E-state index in [0.717, 1.165) is 5.39 Å². The van der Waals surface area contributed by atoms with E-state index in [4.69, 9.17) is 20.8 Å². The number of para-hydroxylation sites is 1. The minimum Gasteiger partial charge on any atom is -0.490 e. The van der Waals surface area contributed by atoms with E-state index in [2.05, 4.69) is 10.0 Å². The third-order valence-electron chi connectivity index (χ3n) is 4.40. The SMILES string of the molecule is CCOc1cccc2cc(C(C)NC(=O)CCNS(=O)(=O)c3ccccc3Cl)oc12. The fourth-order valence-electron chi connectivity index (χ4n) is 2.96. The maximum Gasteiger partial charge on any atom is 0.242 e. The highest BCUT2D eigenvalue weighted by Crippen LogP contribution is 2.31. The van der Waals surface area contributed by atoms with Crippen molar-refractivity contribution in [3.63, 3.8) is 0 Å². The third-order valence-corrected chi connectivity index (χ3v) is 6.36. The van der Waals surface area contributed by atoms with Crippen LogP contribution in [0.25, 0.3) is 11.0 Å². The van der Waals surface area contributed by atoms with Crippen LogP contribution in [0, 0.1) is 0 Å². The van der Waals surface area contributed by atoms with Gasteiger partial charge in [-0.15, -0.1) is 0 Å². The molecule has 0 fully saturated rings. The van der Waals surface area contributed by atoms with Gasteiger partial charge in [-0.3, -0.25) is 4.79 Å². The Kier molecular flexibility index (Phi) is 7.02. The van der Waals surface area contributed by atoms with E-state index in [1.54, 1.807) is 19.1 Å². The lowest BCUT2D eigenvalue weighted by molar-refractivity contribution is -0.121. The minimum absolute atomic E-state index is 0.0205. The summed E-state index contributed by atoms with van der Waals surface area (Å²) in [6.07, 6.45) is -0.0293. The molecule has 3 rings (SSSR count). The number of carbonyl (C=O) groups excluding carboxylic acids is 1. The van der Waals surface area contributed by atoms with E-state index >= 15 is 0 Å². The molecule has 1 unspecified atom stereocenters. The molecule has 0 radical (unpaired) electrons. The van der Waals surface area contributed by atoms with Crippen molar-refractivity contribution in [2.45, 2.75) is 31.2 Å². The largest absolute Gasteiger partial charge is 0.490 e. The predicted molar refractivity (Wildman–Crippen MR) is 115 cm³/mol. The summed E-state index contributed by atoms with van der Waals surface area (Å²) < 4.78 is 38.5. The van der Waals surface area contributed by atoms with Crippen molar-refractivity contribution in [1.82, 2.24) is 10.0 Å². The van der Waals surface area contributed by atoms with Gasteiger partial charge >= 0.3 is 0 Å². The first-order valence-corrected chi connectivity index (χ1v) is 11.4. The minimum atomic E-state index is -3.79. The second-order valence-corrected chi connectivity index (χ2v) is 8.77. The fourth-order valence-corrected chi connectivity index (χ4v) is 4.51. The Bertz CT molecular complexity index is 1140. The molecule has 160 valence electrons. The van der Waals surface area contributed by atoms with E-state index in [0.29, 0.717) is 23.7 Å². The number of hydrogen-bond acceptors (Lipinski definition) is 5. The van der Waals surface area contributed by atoms with Crippen molar-refractivity contribution in [3.8, 4) is 5.75 Å². The van der Waals surface area contributed by atoms with Crippen LogP contribution in [0.15, 0.2) is 57.8 Å². The summed E-state index contributed by atoms with van der Waals surface area (Å²) in [5, 5.41) is 3.82. The summed E-state index contributed by atoms with van der Waals surface area (Å²) in [5.41, 5.74) is 0.628. The van der Waals surface area contributed by atoms with E-state index in [1.807, 2.05) is 31.2 Å². The quantitative estimate of drug-likeness (QED) is 0.513. The Balaban J connectivity index is 1.58. The molecule has 0 spiro atoms. The van der Waals surface area contributed by atoms with Gasteiger partial charge in [-0.25, -0.2) is 13.1 Å². The van der Waals surface area contributed by atoms with E-state index < -0.39 is 10.0 Å². The average Bonchev–Trinajstić information content (AvgIpc) is 3.14. The zero-order chi connectivity index (χ0) is 21.7.